The van der Waals surface area contributed by atoms with E-state index < -0.39 is 0 Å². The molecule has 1 rings (SSSR count). The van der Waals surface area contributed by atoms with E-state index in [1.807, 2.05) is 0 Å². The Balaban J connectivity index is 2.70. The van der Waals surface area contributed by atoms with Crippen LogP contribution in [0, 0.1) is 0 Å². The zero-order valence-electron chi connectivity index (χ0n) is 10.9. The Kier molecular flexibility index (Phi) is 5.95. The molecule has 1 aromatic carbocycles. The van der Waals surface area contributed by atoms with E-state index in [4.69, 9.17) is 5.73 Å². The van der Waals surface area contributed by atoms with Crippen LogP contribution in [-0.4, -0.2) is 45.7 Å². The molecule has 0 bridgehead atoms. The van der Waals surface area contributed by atoms with E-state index in [0.29, 0.717) is 6.54 Å². The van der Waals surface area contributed by atoms with Crippen molar-refractivity contribution in [1.82, 2.24) is 4.90 Å². The highest BCUT2D eigenvalue weighted by molar-refractivity contribution is 9.10. The van der Waals surface area contributed by atoms with Crippen LogP contribution in [0.5, 0.6) is 0 Å². The summed E-state index contributed by atoms with van der Waals surface area (Å²) in [5.41, 5.74) is 8.07. The molecule has 0 saturated carbocycles. The summed E-state index contributed by atoms with van der Waals surface area (Å²) < 4.78 is 1.14. The highest BCUT2D eigenvalue weighted by Crippen LogP contribution is 2.26. The van der Waals surface area contributed by atoms with E-state index >= 15 is 0 Å². The largest absolute Gasteiger partial charge is 0.372 e. The molecule has 17 heavy (non-hydrogen) atoms. The zero-order valence-corrected chi connectivity index (χ0v) is 12.5. The molecule has 0 aliphatic rings. The molecule has 0 aliphatic heterocycles. The van der Waals surface area contributed by atoms with Crippen LogP contribution in [-0.2, 0) is 6.42 Å². The predicted octanol–water partition coefficient (Wildman–Crippen LogP) is 1.95. The van der Waals surface area contributed by atoms with Gasteiger partial charge in [0.15, 0.2) is 0 Å². The summed E-state index contributed by atoms with van der Waals surface area (Å²) >= 11 is 3.63. The second-order valence-electron chi connectivity index (χ2n) is 4.55. The first-order chi connectivity index (χ1) is 8.04. The van der Waals surface area contributed by atoms with E-state index in [-0.39, 0.29) is 0 Å². The third-order valence-corrected chi connectivity index (χ3v) is 3.37. The number of anilines is 1. The van der Waals surface area contributed by atoms with E-state index in [0.717, 1.165) is 24.0 Å². The number of halogens is 1. The topological polar surface area (TPSA) is 32.5 Å². The predicted molar refractivity (Wildman–Crippen MR) is 78.7 cm³/mol. The zero-order chi connectivity index (χ0) is 12.8. The highest BCUT2D eigenvalue weighted by Gasteiger charge is 2.06. The average molecular weight is 300 g/mol. The van der Waals surface area contributed by atoms with Crippen molar-refractivity contribution in [2.75, 3.05) is 45.7 Å². The van der Waals surface area contributed by atoms with Crippen LogP contribution in [0.15, 0.2) is 22.7 Å². The summed E-state index contributed by atoms with van der Waals surface area (Å²) in [5, 5.41) is 0. The molecular formula is C13H22BrN3. The smallest absolute Gasteiger partial charge is 0.0508 e. The van der Waals surface area contributed by atoms with Crippen LogP contribution in [0.25, 0.3) is 0 Å². The molecule has 0 fully saturated rings. The van der Waals surface area contributed by atoms with Crippen LogP contribution in [0.2, 0.25) is 0 Å². The molecule has 0 saturated heterocycles. The highest BCUT2D eigenvalue weighted by atomic mass is 79.9. The third kappa shape index (κ3) is 4.66. The number of likely N-dealkylation sites (N-methyl/N-ethyl adjacent to an activating group) is 2. The van der Waals surface area contributed by atoms with Crippen molar-refractivity contribution < 1.29 is 0 Å². The Morgan fingerprint density at radius 2 is 1.88 bits per heavy atom. The molecule has 96 valence electrons. The number of nitrogens with zero attached hydrogens (tertiary/aromatic N) is 2. The maximum atomic E-state index is 5.56. The van der Waals surface area contributed by atoms with Crippen molar-refractivity contribution in [2.24, 2.45) is 5.73 Å². The summed E-state index contributed by atoms with van der Waals surface area (Å²) in [7, 11) is 6.30. The number of benzene rings is 1. The van der Waals surface area contributed by atoms with Gasteiger partial charge in [0, 0.05) is 24.6 Å². The third-order valence-electron chi connectivity index (χ3n) is 2.74. The number of nitrogens with two attached hydrogens (primary N) is 1. The van der Waals surface area contributed by atoms with Gasteiger partial charge in [-0.1, -0.05) is 6.07 Å². The monoisotopic (exact) mass is 299 g/mol. The lowest BCUT2D eigenvalue weighted by molar-refractivity contribution is 0.416. The molecular weight excluding hydrogens is 278 g/mol. The van der Waals surface area contributed by atoms with Crippen molar-refractivity contribution in [3.8, 4) is 0 Å². The minimum absolute atomic E-state index is 0.697. The van der Waals surface area contributed by atoms with Gasteiger partial charge in [0.2, 0.25) is 0 Å². The molecule has 3 nitrogen and oxygen atoms in total. The van der Waals surface area contributed by atoms with Crippen molar-refractivity contribution in [1.29, 1.82) is 0 Å². The van der Waals surface area contributed by atoms with Crippen LogP contribution >= 0.6 is 15.9 Å². The van der Waals surface area contributed by atoms with Gasteiger partial charge >= 0.3 is 0 Å². The van der Waals surface area contributed by atoms with Crippen molar-refractivity contribution in [3.05, 3.63) is 28.2 Å². The minimum Gasteiger partial charge on any atom is -0.372 e. The molecule has 0 radical (unpaired) electrons. The fourth-order valence-corrected chi connectivity index (χ4v) is 2.38. The fraction of sp³-hybridized carbons (Fsp3) is 0.538. The molecule has 0 atom stereocenters. The Morgan fingerprint density at radius 1 is 1.18 bits per heavy atom. The lowest BCUT2D eigenvalue weighted by Gasteiger charge is -2.23. The Morgan fingerprint density at radius 3 is 2.41 bits per heavy atom. The van der Waals surface area contributed by atoms with Crippen LogP contribution in [0.4, 0.5) is 5.69 Å². The van der Waals surface area contributed by atoms with Gasteiger partial charge in [-0.2, -0.15) is 0 Å². The van der Waals surface area contributed by atoms with E-state index in [2.05, 4.69) is 65.1 Å². The van der Waals surface area contributed by atoms with E-state index in [1.165, 1.54) is 11.3 Å². The molecule has 2 N–H and O–H groups in total. The first-order valence-corrected chi connectivity index (χ1v) is 6.68. The summed E-state index contributed by atoms with van der Waals surface area (Å²) in [6, 6.07) is 6.47. The lowest BCUT2D eigenvalue weighted by Crippen LogP contribution is -2.28. The molecule has 0 aromatic heterocycles. The summed E-state index contributed by atoms with van der Waals surface area (Å²) in [6.07, 6.45) is 0.931. The SMILES string of the molecule is CN(C)CCN(C)c1ccc(CCN)cc1Br. The van der Waals surface area contributed by atoms with Crippen LogP contribution < -0.4 is 10.6 Å². The van der Waals surface area contributed by atoms with Gasteiger partial charge in [-0.15, -0.1) is 0 Å². The molecule has 0 amide bonds. The quantitative estimate of drug-likeness (QED) is 0.871. The normalized spacial score (nSPS) is 10.9. The lowest BCUT2D eigenvalue weighted by atomic mass is 10.1. The molecule has 4 heteroatoms. The van der Waals surface area contributed by atoms with Gasteiger partial charge in [0.25, 0.3) is 0 Å². The average Bonchev–Trinajstić information content (AvgIpc) is 2.26. The van der Waals surface area contributed by atoms with Gasteiger partial charge in [-0.05, 0) is 60.7 Å². The van der Waals surface area contributed by atoms with Gasteiger partial charge in [0.05, 0.1) is 5.69 Å². The Labute approximate surface area is 113 Å². The van der Waals surface area contributed by atoms with E-state index in [9.17, 15) is 0 Å². The molecule has 0 aliphatic carbocycles. The molecule has 1 aromatic rings. The molecule has 0 heterocycles. The Hall–Kier alpha value is -0.580. The molecule has 0 spiro atoms. The maximum Gasteiger partial charge on any atom is 0.0508 e. The molecule has 0 unspecified atom stereocenters. The van der Waals surface area contributed by atoms with Gasteiger partial charge < -0.3 is 15.5 Å². The number of rotatable bonds is 6. The van der Waals surface area contributed by atoms with Crippen molar-refractivity contribution >= 4 is 21.6 Å². The summed E-state index contributed by atoms with van der Waals surface area (Å²) in [4.78, 5) is 4.45. The summed E-state index contributed by atoms with van der Waals surface area (Å²) in [6.45, 7) is 2.76. The number of hydrogen-bond acceptors (Lipinski definition) is 3. The number of hydrogen-bond donors (Lipinski definition) is 1. The van der Waals surface area contributed by atoms with Gasteiger partial charge in [-0.3, -0.25) is 0 Å². The van der Waals surface area contributed by atoms with Crippen LogP contribution in [0.3, 0.4) is 0 Å². The Bertz CT molecular complexity index is 353. The first-order valence-electron chi connectivity index (χ1n) is 5.89. The second-order valence-corrected chi connectivity index (χ2v) is 5.40. The van der Waals surface area contributed by atoms with Crippen LogP contribution in [0.1, 0.15) is 5.56 Å². The van der Waals surface area contributed by atoms with E-state index in [1.54, 1.807) is 0 Å². The fourth-order valence-electron chi connectivity index (χ4n) is 1.65. The summed E-state index contributed by atoms with van der Waals surface area (Å²) in [5.74, 6) is 0. The van der Waals surface area contributed by atoms with Gasteiger partial charge in [-0.25, -0.2) is 0 Å². The minimum atomic E-state index is 0.697. The van der Waals surface area contributed by atoms with Crippen molar-refractivity contribution in [3.63, 3.8) is 0 Å². The first kappa shape index (κ1) is 14.5. The second kappa shape index (κ2) is 6.99. The van der Waals surface area contributed by atoms with Gasteiger partial charge in [0.1, 0.15) is 0 Å². The standard InChI is InChI=1S/C13H22BrN3/c1-16(2)8-9-17(3)13-5-4-11(6-7-15)10-12(13)14/h4-5,10H,6-9,15H2,1-3H3. The van der Waals surface area contributed by atoms with Crippen molar-refractivity contribution in [2.45, 2.75) is 6.42 Å². The maximum absolute atomic E-state index is 5.56.